The summed E-state index contributed by atoms with van der Waals surface area (Å²) < 4.78 is 0. The molecule has 3 nitrogen and oxygen atoms in total. The topological polar surface area (TPSA) is 46.0 Å². The summed E-state index contributed by atoms with van der Waals surface area (Å²) >= 11 is 0. The summed E-state index contributed by atoms with van der Waals surface area (Å²) in [6.45, 7) is 0. The predicted octanol–water partition coefficient (Wildman–Crippen LogP) is 1.31. The number of unbranched alkanes of at least 4 members (excludes halogenated alkanes) is 1. The van der Waals surface area contributed by atoms with Crippen molar-refractivity contribution >= 4 is 0 Å². The molecule has 68 valence electrons. The molecular weight excluding hydrogens is 164 g/mol. The van der Waals surface area contributed by atoms with Crippen molar-refractivity contribution in [3.63, 3.8) is 0 Å². The van der Waals surface area contributed by atoms with Gasteiger partial charge in [-0.15, -0.1) is 12.3 Å². The Morgan fingerprint density at radius 1 is 1.54 bits per heavy atom. The van der Waals surface area contributed by atoms with Crippen molar-refractivity contribution in [3.8, 4) is 12.3 Å². The molecular formula is C10H12N2O. The molecule has 0 aliphatic rings. The molecule has 1 N–H and O–H groups in total. The zero-order chi connectivity index (χ0) is 9.52. The average molecular weight is 176 g/mol. The van der Waals surface area contributed by atoms with Crippen LogP contribution in [0.15, 0.2) is 18.5 Å². The Hall–Kier alpha value is -1.40. The molecule has 1 unspecified atom stereocenters. The highest BCUT2D eigenvalue weighted by Crippen LogP contribution is 2.16. The monoisotopic (exact) mass is 176 g/mol. The molecule has 3 heteroatoms. The van der Waals surface area contributed by atoms with Crippen LogP contribution in [0.2, 0.25) is 0 Å². The van der Waals surface area contributed by atoms with Gasteiger partial charge >= 0.3 is 0 Å². The molecule has 0 aliphatic carbocycles. The van der Waals surface area contributed by atoms with E-state index in [2.05, 4.69) is 16.1 Å². The summed E-state index contributed by atoms with van der Waals surface area (Å²) in [5.41, 5.74) is 0.798. The number of hydrogen-bond acceptors (Lipinski definition) is 3. The fourth-order valence-electron chi connectivity index (χ4n) is 1.06. The Kier molecular flexibility index (Phi) is 3.94. The van der Waals surface area contributed by atoms with E-state index in [0.29, 0.717) is 12.8 Å². The maximum absolute atomic E-state index is 9.61. The minimum atomic E-state index is -0.469. The van der Waals surface area contributed by atoms with E-state index in [1.54, 1.807) is 18.5 Å². The lowest BCUT2D eigenvalue weighted by molar-refractivity contribution is 0.164. The quantitative estimate of drug-likeness (QED) is 0.555. The molecule has 13 heavy (non-hydrogen) atoms. The van der Waals surface area contributed by atoms with Gasteiger partial charge in [0.15, 0.2) is 0 Å². The van der Waals surface area contributed by atoms with Crippen molar-refractivity contribution in [1.29, 1.82) is 0 Å². The SMILES string of the molecule is C#CCCCC(O)c1ccnnc1. The molecule has 1 aromatic rings. The van der Waals surface area contributed by atoms with E-state index >= 15 is 0 Å². The summed E-state index contributed by atoms with van der Waals surface area (Å²) in [7, 11) is 0. The second-order valence-electron chi connectivity index (χ2n) is 2.79. The minimum Gasteiger partial charge on any atom is -0.388 e. The largest absolute Gasteiger partial charge is 0.388 e. The van der Waals surface area contributed by atoms with E-state index in [1.165, 1.54) is 0 Å². The molecule has 1 aromatic heterocycles. The van der Waals surface area contributed by atoms with Gasteiger partial charge in [-0.05, 0) is 18.9 Å². The molecule has 1 atom stereocenters. The molecule has 0 aliphatic heterocycles. The van der Waals surface area contributed by atoms with Crippen LogP contribution < -0.4 is 0 Å². The number of terminal acetylenes is 1. The number of aromatic nitrogens is 2. The summed E-state index contributed by atoms with van der Waals surface area (Å²) in [5.74, 6) is 2.54. The third kappa shape index (κ3) is 3.22. The zero-order valence-corrected chi connectivity index (χ0v) is 7.35. The van der Waals surface area contributed by atoms with Gasteiger partial charge in [0, 0.05) is 18.2 Å². The van der Waals surface area contributed by atoms with Crippen molar-refractivity contribution in [2.24, 2.45) is 0 Å². The average Bonchev–Trinajstić information content (AvgIpc) is 2.19. The normalized spacial score (nSPS) is 12.0. The molecule has 0 saturated heterocycles. The number of rotatable bonds is 4. The molecule has 0 aromatic carbocycles. The van der Waals surface area contributed by atoms with Crippen molar-refractivity contribution < 1.29 is 5.11 Å². The summed E-state index contributed by atoms with van der Waals surface area (Å²) in [5, 5.41) is 16.9. The Morgan fingerprint density at radius 3 is 3.00 bits per heavy atom. The second-order valence-corrected chi connectivity index (χ2v) is 2.79. The molecule has 1 rings (SSSR count). The van der Waals surface area contributed by atoms with Crippen LogP contribution in [0.25, 0.3) is 0 Å². The Labute approximate surface area is 77.8 Å². The van der Waals surface area contributed by atoms with Gasteiger partial charge in [0.1, 0.15) is 0 Å². The predicted molar refractivity (Wildman–Crippen MR) is 49.7 cm³/mol. The van der Waals surface area contributed by atoms with Crippen LogP contribution in [0.4, 0.5) is 0 Å². The Balaban J connectivity index is 2.41. The molecule has 0 amide bonds. The van der Waals surface area contributed by atoms with Crippen LogP contribution in [0.5, 0.6) is 0 Å². The van der Waals surface area contributed by atoms with Gasteiger partial charge in [-0.1, -0.05) is 0 Å². The highest BCUT2D eigenvalue weighted by Gasteiger charge is 2.05. The maximum atomic E-state index is 9.61. The summed E-state index contributed by atoms with van der Waals surface area (Å²) in [6.07, 6.45) is 9.98. The van der Waals surface area contributed by atoms with Crippen molar-refractivity contribution in [3.05, 3.63) is 24.0 Å². The summed E-state index contributed by atoms with van der Waals surface area (Å²) in [4.78, 5) is 0. The lowest BCUT2D eigenvalue weighted by atomic mass is 10.1. The van der Waals surface area contributed by atoms with E-state index < -0.39 is 6.10 Å². The first-order chi connectivity index (χ1) is 6.34. The van der Waals surface area contributed by atoms with E-state index in [9.17, 15) is 5.11 Å². The zero-order valence-electron chi connectivity index (χ0n) is 7.35. The molecule has 0 saturated carbocycles. The van der Waals surface area contributed by atoms with Crippen LogP contribution in [-0.2, 0) is 0 Å². The van der Waals surface area contributed by atoms with E-state index in [-0.39, 0.29) is 0 Å². The van der Waals surface area contributed by atoms with Crippen LogP contribution in [0.3, 0.4) is 0 Å². The number of hydrogen-bond donors (Lipinski definition) is 1. The first kappa shape index (κ1) is 9.69. The lowest BCUT2D eigenvalue weighted by Gasteiger charge is -2.07. The smallest absolute Gasteiger partial charge is 0.0806 e. The van der Waals surface area contributed by atoms with Gasteiger partial charge in [0.25, 0.3) is 0 Å². The fourth-order valence-corrected chi connectivity index (χ4v) is 1.06. The Morgan fingerprint density at radius 2 is 2.38 bits per heavy atom. The highest BCUT2D eigenvalue weighted by molar-refractivity contribution is 5.08. The third-order valence-electron chi connectivity index (χ3n) is 1.79. The molecule has 0 radical (unpaired) electrons. The van der Waals surface area contributed by atoms with Crippen molar-refractivity contribution in [1.82, 2.24) is 10.2 Å². The molecule has 1 heterocycles. The third-order valence-corrected chi connectivity index (χ3v) is 1.79. The van der Waals surface area contributed by atoms with Gasteiger partial charge in [-0.25, -0.2) is 0 Å². The Bertz CT molecular complexity index is 279. The highest BCUT2D eigenvalue weighted by atomic mass is 16.3. The van der Waals surface area contributed by atoms with Crippen LogP contribution >= 0.6 is 0 Å². The fraction of sp³-hybridized carbons (Fsp3) is 0.400. The molecule has 0 spiro atoms. The standard InChI is InChI=1S/C10H12N2O/c1-2-3-4-5-10(13)9-6-7-11-12-8-9/h1,6-8,10,13H,3-5H2. The van der Waals surface area contributed by atoms with Gasteiger partial charge in [0.05, 0.1) is 12.3 Å². The van der Waals surface area contributed by atoms with Gasteiger partial charge in [-0.3, -0.25) is 0 Å². The molecule has 0 bridgehead atoms. The number of nitrogens with zero attached hydrogens (tertiary/aromatic N) is 2. The van der Waals surface area contributed by atoms with Crippen molar-refractivity contribution in [2.75, 3.05) is 0 Å². The molecule has 0 fully saturated rings. The van der Waals surface area contributed by atoms with Crippen molar-refractivity contribution in [2.45, 2.75) is 25.4 Å². The second kappa shape index (κ2) is 5.28. The van der Waals surface area contributed by atoms with E-state index in [1.807, 2.05) is 0 Å². The lowest BCUT2D eigenvalue weighted by Crippen LogP contribution is -1.98. The first-order valence-corrected chi connectivity index (χ1v) is 4.22. The van der Waals surface area contributed by atoms with E-state index in [4.69, 9.17) is 6.42 Å². The summed E-state index contributed by atoms with van der Waals surface area (Å²) in [6, 6.07) is 1.76. The maximum Gasteiger partial charge on any atom is 0.0806 e. The van der Waals surface area contributed by atoms with Crippen LogP contribution in [0, 0.1) is 12.3 Å². The van der Waals surface area contributed by atoms with Gasteiger partial charge in [0.2, 0.25) is 0 Å². The van der Waals surface area contributed by atoms with Crippen LogP contribution in [0.1, 0.15) is 30.9 Å². The number of aliphatic hydroxyl groups is 1. The van der Waals surface area contributed by atoms with Gasteiger partial charge < -0.3 is 5.11 Å². The van der Waals surface area contributed by atoms with Crippen LogP contribution in [-0.4, -0.2) is 15.3 Å². The van der Waals surface area contributed by atoms with Gasteiger partial charge in [-0.2, -0.15) is 10.2 Å². The van der Waals surface area contributed by atoms with E-state index in [0.717, 1.165) is 12.0 Å². The minimum absolute atomic E-state index is 0.469. The first-order valence-electron chi connectivity index (χ1n) is 4.22. The number of aliphatic hydroxyl groups excluding tert-OH is 1.